The quantitative estimate of drug-likeness (QED) is 0.681. The van der Waals surface area contributed by atoms with E-state index in [0.717, 1.165) is 26.7 Å². The highest BCUT2D eigenvalue weighted by Crippen LogP contribution is 2.27. The van der Waals surface area contributed by atoms with Gasteiger partial charge in [-0.05, 0) is 35.9 Å². The van der Waals surface area contributed by atoms with E-state index in [2.05, 4.69) is 51.2 Å². The molecule has 0 bridgehead atoms. The Morgan fingerprint density at radius 3 is 2.62 bits per heavy atom. The maximum absolute atomic E-state index is 6.37. The van der Waals surface area contributed by atoms with E-state index in [4.69, 9.17) is 5.73 Å². The molecule has 0 saturated carbocycles. The number of nitrogens with two attached hydrogens (primary N) is 1. The molecule has 2 N–H and O–H groups in total. The average Bonchev–Trinajstić information content (AvgIpc) is 2.53. The summed E-state index contributed by atoms with van der Waals surface area (Å²) in [6.45, 7) is 0. The highest BCUT2D eigenvalue weighted by molar-refractivity contribution is 9.10. The number of pyridine rings is 1. The summed E-state index contributed by atoms with van der Waals surface area (Å²) in [7, 11) is 0. The zero-order valence-corrected chi connectivity index (χ0v) is 13.8. The standard InChI is InChI=1S/C17H15BrN2S/c18-13-6-8-14(9-7-13)21-11-16(19)15-5-1-3-12-4-2-10-20-17(12)15/h1-10,16H,11,19H2. The summed E-state index contributed by atoms with van der Waals surface area (Å²) in [5.74, 6) is 0.831. The molecule has 2 nitrogen and oxygen atoms in total. The van der Waals surface area contributed by atoms with Crippen LogP contribution in [-0.4, -0.2) is 10.7 Å². The van der Waals surface area contributed by atoms with Crippen LogP contribution in [0.5, 0.6) is 0 Å². The zero-order valence-electron chi connectivity index (χ0n) is 11.4. The molecule has 21 heavy (non-hydrogen) atoms. The molecule has 2 aromatic carbocycles. The van der Waals surface area contributed by atoms with Gasteiger partial charge in [0.05, 0.1) is 5.52 Å². The molecule has 4 heteroatoms. The summed E-state index contributed by atoms with van der Waals surface area (Å²) in [6, 6.07) is 18.5. The van der Waals surface area contributed by atoms with Gasteiger partial charge < -0.3 is 5.73 Å². The SMILES string of the molecule is NC(CSc1ccc(Br)cc1)c1cccc2cccnc12. The number of hydrogen-bond donors (Lipinski definition) is 1. The van der Waals surface area contributed by atoms with Crippen molar-refractivity contribution in [2.75, 3.05) is 5.75 Å². The summed E-state index contributed by atoms with van der Waals surface area (Å²) in [5, 5.41) is 1.14. The van der Waals surface area contributed by atoms with Gasteiger partial charge in [0.15, 0.2) is 0 Å². The van der Waals surface area contributed by atoms with E-state index in [9.17, 15) is 0 Å². The summed E-state index contributed by atoms with van der Waals surface area (Å²) >= 11 is 5.21. The fraction of sp³-hybridized carbons (Fsp3) is 0.118. The van der Waals surface area contributed by atoms with Crippen LogP contribution in [-0.2, 0) is 0 Å². The fourth-order valence-corrected chi connectivity index (χ4v) is 3.38. The van der Waals surface area contributed by atoms with Crippen molar-refractivity contribution in [1.82, 2.24) is 4.98 Å². The largest absolute Gasteiger partial charge is 0.323 e. The van der Waals surface area contributed by atoms with Gasteiger partial charge in [-0.15, -0.1) is 11.8 Å². The number of thioether (sulfide) groups is 1. The second kappa shape index (κ2) is 6.60. The maximum Gasteiger partial charge on any atom is 0.0749 e. The number of para-hydroxylation sites is 1. The summed E-state index contributed by atoms with van der Waals surface area (Å²) in [5.41, 5.74) is 8.48. The minimum absolute atomic E-state index is 0.0303. The van der Waals surface area contributed by atoms with Gasteiger partial charge in [-0.3, -0.25) is 4.98 Å². The molecule has 0 saturated heterocycles. The van der Waals surface area contributed by atoms with Crippen LogP contribution in [0.25, 0.3) is 10.9 Å². The Morgan fingerprint density at radius 1 is 1.05 bits per heavy atom. The summed E-state index contributed by atoms with van der Waals surface area (Å²) in [6.07, 6.45) is 1.82. The molecule has 0 amide bonds. The number of aromatic nitrogens is 1. The predicted molar refractivity (Wildman–Crippen MR) is 93.5 cm³/mol. The minimum Gasteiger partial charge on any atom is -0.323 e. The van der Waals surface area contributed by atoms with Crippen molar-refractivity contribution < 1.29 is 0 Å². The number of fused-ring (bicyclic) bond motifs is 1. The average molecular weight is 359 g/mol. The summed E-state index contributed by atoms with van der Waals surface area (Å²) < 4.78 is 1.09. The van der Waals surface area contributed by atoms with Crippen molar-refractivity contribution >= 4 is 38.6 Å². The minimum atomic E-state index is -0.0303. The van der Waals surface area contributed by atoms with Gasteiger partial charge >= 0.3 is 0 Å². The van der Waals surface area contributed by atoms with Gasteiger partial charge in [-0.2, -0.15) is 0 Å². The molecular formula is C17H15BrN2S. The van der Waals surface area contributed by atoms with Gasteiger partial charge in [0, 0.05) is 32.7 Å². The molecule has 1 heterocycles. The third kappa shape index (κ3) is 3.46. The maximum atomic E-state index is 6.37. The first kappa shape index (κ1) is 14.6. The van der Waals surface area contributed by atoms with Crippen molar-refractivity contribution in [3.63, 3.8) is 0 Å². The first-order valence-corrected chi connectivity index (χ1v) is 8.49. The van der Waals surface area contributed by atoms with E-state index < -0.39 is 0 Å². The molecule has 0 aliphatic rings. The lowest BCUT2D eigenvalue weighted by molar-refractivity contribution is 0.837. The van der Waals surface area contributed by atoms with Crippen molar-refractivity contribution in [1.29, 1.82) is 0 Å². The van der Waals surface area contributed by atoms with Gasteiger partial charge in [0.2, 0.25) is 0 Å². The topological polar surface area (TPSA) is 38.9 Å². The molecule has 1 aromatic heterocycles. The van der Waals surface area contributed by atoms with Gasteiger partial charge in [0.25, 0.3) is 0 Å². The molecule has 0 aliphatic carbocycles. The molecule has 0 spiro atoms. The van der Waals surface area contributed by atoms with E-state index in [1.807, 2.05) is 30.5 Å². The third-order valence-corrected chi connectivity index (χ3v) is 4.97. The van der Waals surface area contributed by atoms with Crippen LogP contribution in [0.4, 0.5) is 0 Å². The normalized spacial score (nSPS) is 12.5. The first-order valence-electron chi connectivity index (χ1n) is 6.71. The van der Waals surface area contributed by atoms with Crippen LogP contribution in [0.2, 0.25) is 0 Å². The zero-order chi connectivity index (χ0) is 14.7. The van der Waals surface area contributed by atoms with Crippen molar-refractivity contribution in [3.8, 4) is 0 Å². The van der Waals surface area contributed by atoms with Gasteiger partial charge in [0.1, 0.15) is 0 Å². The number of nitrogens with zero attached hydrogens (tertiary/aromatic N) is 1. The lowest BCUT2D eigenvalue weighted by Gasteiger charge is -2.13. The predicted octanol–water partition coefficient (Wildman–Crippen LogP) is 4.79. The number of halogens is 1. The van der Waals surface area contributed by atoms with Crippen LogP contribution >= 0.6 is 27.7 Å². The number of benzene rings is 2. The molecule has 1 atom stereocenters. The molecule has 1 unspecified atom stereocenters. The Balaban J connectivity index is 1.78. The molecule has 106 valence electrons. The molecule has 3 rings (SSSR count). The highest BCUT2D eigenvalue weighted by atomic mass is 79.9. The molecule has 0 fully saturated rings. The highest BCUT2D eigenvalue weighted by Gasteiger charge is 2.11. The van der Waals surface area contributed by atoms with Crippen LogP contribution in [0.3, 0.4) is 0 Å². The van der Waals surface area contributed by atoms with Crippen LogP contribution < -0.4 is 5.73 Å². The second-order valence-electron chi connectivity index (χ2n) is 4.79. The van der Waals surface area contributed by atoms with Crippen LogP contribution in [0, 0.1) is 0 Å². The van der Waals surface area contributed by atoms with Crippen molar-refractivity contribution in [3.05, 3.63) is 70.8 Å². The lowest BCUT2D eigenvalue weighted by atomic mass is 10.0. The monoisotopic (exact) mass is 358 g/mol. The Hall–Kier alpha value is -1.36. The Bertz CT molecular complexity index is 738. The fourth-order valence-electron chi connectivity index (χ4n) is 2.23. The van der Waals surface area contributed by atoms with E-state index in [-0.39, 0.29) is 6.04 Å². The van der Waals surface area contributed by atoms with E-state index in [1.165, 1.54) is 4.90 Å². The smallest absolute Gasteiger partial charge is 0.0749 e. The Kier molecular flexibility index (Phi) is 4.58. The van der Waals surface area contributed by atoms with Gasteiger partial charge in [-0.25, -0.2) is 0 Å². The molecule has 0 radical (unpaired) electrons. The summed E-state index contributed by atoms with van der Waals surface area (Å²) in [4.78, 5) is 5.70. The molecule has 3 aromatic rings. The van der Waals surface area contributed by atoms with Crippen LogP contribution in [0.15, 0.2) is 70.2 Å². The number of rotatable bonds is 4. The Morgan fingerprint density at radius 2 is 1.81 bits per heavy atom. The number of hydrogen-bond acceptors (Lipinski definition) is 3. The van der Waals surface area contributed by atoms with E-state index in [1.54, 1.807) is 11.8 Å². The van der Waals surface area contributed by atoms with Crippen molar-refractivity contribution in [2.24, 2.45) is 5.73 Å². The van der Waals surface area contributed by atoms with Gasteiger partial charge in [-0.1, -0.05) is 40.2 Å². The van der Waals surface area contributed by atoms with E-state index >= 15 is 0 Å². The lowest BCUT2D eigenvalue weighted by Crippen LogP contribution is -2.13. The Labute approximate surface area is 136 Å². The third-order valence-electron chi connectivity index (χ3n) is 3.31. The van der Waals surface area contributed by atoms with Crippen molar-refractivity contribution in [2.45, 2.75) is 10.9 Å². The first-order chi connectivity index (χ1) is 10.2. The molecular weight excluding hydrogens is 344 g/mol. The van der Waals surface area contributed by atoms with Crippen LogP contribution in [0.1, 0.15) is 11.6 Å². The second-order valence-corrected chi connectivity index (χ2v) is 6.80. The molecule has 0 aliphatic heterocycles. The van der Waals surface area contributed by atoms with E-state index in [0.29, 0.717) is 0 Å².